The number of aromatic nitrogens is 2. The van der Waals surface area contributed by atoms with Crippen LogP contribution in [0.4, 0.5) is 0 Å². The average molecular weight is 246 g/mol. The van der Waals surface area contributed by atoms with Crippen LogP contribution >= 0.6 is 0 Å². The van der Waals surface area contributed by atoms with Gasteiger partial charge in [-0.25, -0.2) is 9.78 Å². The average Bonchev–Trinajstić information content (AvgIpc) is 2.87. The highest BCUT2D eigenvalue weighted by molar-refractivity contribution is 5.74. The highest BCUT2D eigenvalue weighted by atomic mass is 16.5. The van der Waals surface area contributed by atoms with Crippen LogP contribution in [-0.4, -0.2) is 27.7 Å². The molecule has 1 atom stereocenters. The van der Waals surface area contributed by atoms with Gasteiger partial charge in [0.1, 0.15) is 17.6 Å². The van der Waals surface area contributed by atoms with Gasteiger partial charge in [-0.1, -0.05) is 0 Å². The molecular formula is C13H14N2O3. The van der Waals surface area contributed by atoms with Crippen molar-refractivity contribution < 1.29 is 14.6 Å². The quantitative estimate of drug-likeness (QED) is 0.841. The minimum Gasteiger partial charge on any atom is -0.508 e. The predicted octanol–water partition coefficient (Wildman–Crippen LogP) is 1.99. The van der Waals surface area contributed by atoms with E-state index in [-0.39, 0.29) is 11.7 Å². The minimum atomic E-state index is -0.443. The van der Waals surface area contributed by atoms with Crippen LogP contribution in [0.15, 0.2) is 36.7 Å². The molecule has 5 heteroatoms. The van der Waals surface area contributed by atoms with E-state index in [0.29, 0.717) is 5.82 Å². The van der Waals surface area contributed by atoms with E-state index in [4.69, 9.17) is 4.74 Å². The zero-order chi connectivity index (χ0) is 13.1. The van der Waals surface area contributed by atoms with Crippen LogP contribution in [0, 0.1) is 0 Å². The highest BCUT2D eigenvalue weighted by Crippen LogP contribution is 2.23. The van der Waals surface area contributed by atoms with Gasteiger partial charge in [-0.15, -0.1) is 0 Å². The fraction of sp³-hybridized carbons (Fsp3) is 0.231. The van der Waals surface area contributed by atoms with Crippen LogP contribution in [0.2, 0.25) is 0 Å². The molecule has 0 bridgehead atoms. The van der Waals surface area contributed by atoms with Crippen molar-refractivity contribution in [3.05, 3.63) is 36.7 Å². The zero-order valence-electron chi connectivity index (χ0n) is 10.2. The van der Waals surface area contributed by atoms with E-state index >= 15 is 0 Å². The normalized spacial score (nSPS) is 12.1. The second-order valence-corrected chi connectivity index (χ2v) is 3.90. The largest absolute Gasteiger partial charge is 0.508 e. The van der Waals surface area contributed by atoms with Crippen molar-refractivity contribution in [3.63, 3.8) is 0 Å². The Morgan fingerprint density at radius 1 is 1.39 bits per heavy atom. The summed E-state index contributed by atoms with van der Waals surface area (Å²) in [6, 6.07) is 6.21. The zero-order valence-corrected chi connectivity index (χ0v) is 10.2. The molecule has 1 heterocycles. The van der Waals surface area contributed by atoms with Gasteiger partial charge in [0.15, 0.2) is 0 Å². The van der Waals surface area contributed by atoms with Gasteiger partial charge in [-0.2, -0.15) is 0 Å². The molecule has 2 rings (SSSR count). The number of imidazole rings is 1. The summed E-state index contributed by atoms with van der Waals surface area (Å²) in [4.78, 5) is 15.8. The predicted molar refractivity (Wildman–Crippen MR) is 66.1 cm³/mol. The summed E-state index contributed by atoms with van der Waals surface area (Å²) in [7, 11) is 1.36. The maximum absolute atomic E-state index is 11.5. The number of rotatable bonds is 3. The number of hydrogen-bond acceptors (Lipinski definition) is 4. The lowest BCUT2D eigenvalue weighted by atomic mass is 10.2. The minimum absolute atomic E-state index is 0.192. The number of benzene rings is 1. The molecule has 94 valence electrons. The number of carbonyl (C=O) groups excluding carboxylic acids is 1. The van der Waals surface area contributed by atoms with E-state index in [2.05, 4.69) is 4.98 Å². The molecule has 5 nitrogen and oxygen atoms in total. The van der Waals surface area contributed by atoms with Crippen LogP contribution in [0.25, 0.3) is 11.4 Å². The molecule has 0 spiro atoms. The Bertz CT molecular complexity index is 546. The topological polar surface area (TPSA) is 64.4 Å². The smallest absolute Gasteiger partial charge is 0.328 e. The van der Waals surface area contributed by atoms with Gasteiger partial charge in [0.05, 0.1) is 7.11 Å². The van der Waals surface area contributed by atoms with Gasteiger partial charge in [-0.3, -0.25) is 0 Å². The number of phenolic OH excluding ortho intramolecular Hbond substituents is 1. The third-order valence-corrected chi connectivity index (χ3v) is 2.75. The molecule has 0 amide bonds. The molecule has 2 aromatic rings. The Hall–Kier alpha value is -2.30. The maximum atomic E-state index is 11.5. The molecule has 1 aromatic carbocycles. The van der Waals surface area contributed by atoms with Crippen molar-refractivity contribution >= 4 is 5.97 Å². The number of carbonyl (C=O) groups is 1. The van der Waals surface area contributed by atoms with E-state index in [1.165, 1.54) is 7.11 Å². The van der Waals surface area contributed by atoms with Gasteiger partial charge in [0.2, 0.25) is 0 Å². The van der Waals surface area contributed by atoms with Crippen molar-refractivity contribution in [3.8, 4) is 17.1 Å². The first kappa shape index (κ1) is 12.2. The van der Waals surface area contributed by atoms with Crippen LogP contribution < -0.4 is 0 Å². The third-order valence-electron chi connectivity index (χ3n) is 2.75. The number of nitrogens with zero attached hydrogens (tertiary/aromatic N) is 2. The lowest BCUT2D eigenvalue weighted by molar-refractivity contribution is -0.143. The van der Waals surface area contributed by atoms with Gasteiger partial charge in [0.25, 0.3) is 0 Å². The van der Waals surface area contributed by atoms with E-state index in [1.54, 1.807) is 48.1 Å². The molecule has 0 aliphatic heterocycles. The number of aromatic hydroxyl groups is 1. The lowest BCUT2D eigenvalue weighted by Gasteiger charge is -2.14. The highest BCUT2D eigenvalue weighted by Gasteiger charge is 2.18. The molecule has 0 saturated heterocycles. The van der Waals surface area contributed by atoms with Crippen LogP contribution in [-0.2, 0) is 9.53 Å². The van der Waals surface area contributed by atoms with Crippen molar-refractivity contribution in [2.75, 3.05) is 7.11 Å². The maximum Gasteiger partial charge on any atom is 0.328 e. The molecule has 1 N–H and O–H groups in total. The fourth-order valence-electron chi connectivity index (χ4n) is 1.74. The summed E-state index contributed by atoms with van der Waals surface area (Å²) in [6.07, 6.45) is 3.35. The summed E-state index contributed by atoms with van der Waals surface area (Å²) in [6.45, 7) is 1.75. The first-order chi connectivity index (χ1) is 8.63. The van der Waals surface area contributed by atoms with E-state index in [0.717, 1.165) is 5.56 Å². The third kappa shape index (κ3) is 2.20. The number of ether oxygens (including phenoxy) is 1. The number of phenols is 1. The standard InChI is InChI=1S/C13H14N2O3/c1-9(13(17)18-2)15-8-7-14-12(15)10-3-5-11(16)6-4-10/h3-9,16H,1-2H3. The summed E-state index contributed by atoms with van der Waals surface area (Å²) >= 11 is 0. The summed E-state index contributed by atoms with van der Waals surface area (Å²) < 4.78 is 6.45. The van der Waals surface area contributed by atoms with Crippen molar-refractivity contribution in [1.29, 1.82) is 0 Å². The second kappa shape index (κ2) is 4.91. The molecule has 1 aromatic heterocycles. The summed E-state index contributed by atoms with van der Waals surface area (Å²) in [5.74, 6) is 0.527. The summed E-state index contributed by atoms with van der Waals surface area (Å²) in [5.41, 5.74) is 0.827. The second-order valence-electron chi connectivity index (χ2n) is 3.90. The van der Waals surface area contributed by atoms with Crippen LogP contribution in [0.1, 0.15) is 13.0 Å². The fourth-order valence-corrected chi connectivity index (χ4v) is 1.74. The van der Waals surface area contributed by atoms with E-state index in [9.17, 15) is 9.90 Å². The molecule has 18 heavy (non-hydrogen) atoms. The molecule has 0 saturated carbocycles. The van der Waals surface area contributed by atoms with Gasteiger partial charge in [-0.05, 0) is 31.2 Å². The van der Waals surface area contributed by atoms with Crippen molar-refractivity contribution in [1.82, 2.24) is 9.55 Å². The monoisotopic (exact) mass is 246 g/mol. The summed E-state index contributed by atoms with van der Waals surface area (Å²) in [5, 5.41) is 9.26. The van der Waals surface area contributed by atoms with Crippen LogP contribution in [0.3, 0.4) is 0 Å². The molecular weight excluding hydrogens is 232 g/mol. The van der Waals surface area contributed by atoms with Gasteiger partial charge in [0, 0.05) is 18.0 Å². The number of esters is 1. The number of methoxy groups -OCH3 is 1. The van der Waals surface area contributed by atoms with E-state index < -0.39 is 6.04 Å². The van der Waals surface area contributed by atoms with Crippen molar-refractivity contribution in [2.24, 2.45) is 0 Å². The van der Waals surface area contributed by atoms with Gasteiger partial charge < -0.3 is 14.4 Å². The van der Waals surface area contributed by atoms with Crippen LogP contribution in [0.5, 0.6) is 5.75 Å². The number of hydrogen-bond donors (Lipinski definition) is 1. The Morgan fingerprint density at radius 2 is 2.06 bits per heavy atom. The molecule has 1 unspecified atom stereocenters. The Kier molecular flexibility index (Phi) is 3.32. The Morgan fingerprint density at radius 3 is 2.67 bits per heavy atom. The molecule has 0 radical (unpaired) electrons. The molecule has 0 aliphatic carbocycles. The first-order valence-corrected chi connectivity index (χ1v) is 5.53. The van der Waals surface area contributed by atoms with Gasteiger partial charge >= 0.3 is 5.97 Å². The van der Waals surface area contributed by atoms with Crippen molar-refractivity contribution in [2.45, 2.75) is 13.0 Å². The lowest BCUT2D eigenvalue weighted by Crippen LogP contribution is -2.18. The molecule has 0 aliphatic rings. The SMILES string of the molecule is COC(=O)C(C)n1ccnc1-c1ccc(O)cc1. The Labute approximate surface area is 105 Å². The first-order valence-electron chi connectivity index (χ1n) is 5.53. The Balaban J connectivity index is 2.38. The van der Waals surface area contributed by atoms with E-state index in [1.807, 2.05) is 0 Å². The molecule has 0 fully saturated rings.